The normalized spacial score (nSPS) is 24.9. The van der Waals surface area contributed by atoms with Gasteiger partial charge in [0.25, 0.3) is 0 Å². The van der Waals surface area contributed by atoms with E-state index in [9.17, 15) is 0 Å². The molecule has 1 aromatic heterocycles. The highest BCUT2D eigenvalue weighted by molar-refractivity contribution is 6.36. The van der Waals surface area contributed by atoms with E-state index < -0.39 is 0 Å². The number of hydrogen-bond donors (Lipinski definition) is 0. The van der Waals surface area contributed by atoms with E-state index in [4.69, 9.17) is 16.0 Å². The Balaban J connectivity index is 1.56. The fraction of sp³-hybridized carbons (Fsp3) is 0.286. The largest absolute Gasteiger partial charge is 0.456 e. The molecule has 2 unspecified atom stereocenters. The lowest BCUT2D eigenvalue weighted by atomic mass is 9.61. The summed E-state index contributed by atoms with van der Waals surface area (Å²) in [7, 11) is 0. The second-order valence-corrected chi connectivity index (χ2v) is 9.83. The third kappa shape index (κ3) is 2.52. The molecule has 2 nitrogen and oxygen atoms in total. The van der Waals surface area contributed by atoms with E-state index in [1.807, 2.05) is 18.2 Å². The van der Waals surface area contributed by atoms with E-state index in [0.29, 0.717) is 0 Å². The number of rotatable bonds is 2. The molecule has 3 aromatic carbocycles. The molecule has 0 saturated heterocycles. The minimum atomic E-state index is -0.00885. The SMILES string of the molecule is CC12CCCCC1(C)N(c1cccc(-c3cc4ccccc4o3)c1Cl)c1ccccc12. The van der Waals surface area contributed by atoms with Crippen LogP contribution in [-0.4, -0.2) is 5.54 Å². The van der Waals surface area contributed by atoms with Crippen molar-refractivity contribution in [3.8, 4) is 11.3 Å². The summed E-state index contributed by atoms with van der Waals surface area (Å²) in [6.45, 7) is 4.87. The molecule has 156 valence electrons. The quantitative estimate of drug-likeness (QED) is 0.318. The number of furan rings is 1. The van der Waals surface area contributed by atoms with Gasteiger partial charge < -0.3 is 9.32 Å². The van der Waals surface area contributed by atoms with Gasteiger partial charge >= 0.3 is 0 Å². The molecular weight excluding hydrogens is 402 g/mol. The molecular formula is C28H26ClNO. The Bertz CT molecular complexity index is 1270. The lowest BCUT2D eigenvalue weighted by Crippen LogP contribution is -2.54. The number of halogens is 1. The third-order valence-electron chi connectivity index (χ3n) is 7.92. The van der Waals surface area contributed by atoms with Crippen molar-refractivity contribution in [3.63, 3.8) is 0 Å². The zero-order valence-corrected chi connectivity index (χ0v) is 18.7. The molecule has 1 fully saturated rings. The molecule has 0 spiro atoms. The molecule has 4 aromatic rings. The van der Waals surface area contributed by atoms with Gasteiger partial charge in [-0.25, -0.2) is 0 Å². The van der Waals surface area contributed by atoms with Crippen LogP contribution in [0.25, 0.3) is 22.3 Å². The fourth-order valence-corrected chi connectivity index (χ4v) is 6.37. The Morgan fingerprint density at radius 3 is 2.45 bits per heavy atom. The van der Waals surface area contributed by atoms with Crippen molar-refractivity contribution in [1.82, 2.24) is 0 Å². The monoisotopic (exact) mass is 427 g/mol. The van der Waals surface area contributed by atoms with Crippen LogP contribution in [0.15, 0.2) is 77.2 Å². The number of anilines is 2. The van der Waals surface area contributed by atoms with Crippen LogP contribution in [0.1, 0.15) is 45.1 Å². The van der Waals surface area contributed by atoms with E-state index in [2.05, 4.69) is 73.3 Å². The molecule has 0 N–H and O–H groups in total. The number of hydrogen-bond acceptors (Lipinski definition) is 2. The standard InChI is InChI=1S/C28H26ClNO/c1-27-16-7-8-17-28(27,2)30(22-13-5-4-12-21(22)27)23-14-9-11-20(26(23)29)25-18-19-10-3-6-15-24(19)31-25/h3-6,9-15,18H,7-8,16-17H2,1-2H3. The molecule has 2 aliphatic rings. The molecule has 0 amide bonds. The van der Waals surface area contributed by atoms with Crippen LogP contribution in [0.5, 0.6) is 0 Å². The van der Waals surface area contributed by atoms with Crippen LogP contribution in [0.3, 0.4) is 0 Å². The summed E-state index contributed by atoms with van der Waals surface area (Å²) in [4.78, 5) is 2.52. The highest BCUT2D eigenvalue weighted by Crippen LogP contribution is 2.61. The second kappa shape index (κ2) is 6.64. The van der Waals surface area contributed by atoms with Crippen molar-refractivity contribution in [1.29, 1.82) is 0 Å². The molecule has 31 heavy (non-hydrogen) atoms. The Hall–Kier alpha value is -2.71. The minimum absolute atomic E-state index is 0.00885. The molecule has 1 aliphatic heterocycles. The summed E-state index contributed by atoms with van der Waals surface area (Å²) in [5.74, 6) is 0.817. The Kier molecular flexibility index (Phi) is 4.07. The van der Waals surface area contributed by atoms with Crippen LogP contribution >= 0.6 is 11.6 Å². The van der Waals surface area contributed by atoms with Crippen LogP contribution in [-0.2, 0) is 5.41 Å². The highest BCUT2D eigenvalue weighted by Gasteiger charge is 2.57. The van der Waals surface area contributed by atoms with Crippen LogP contribution in [0.2, 0.25) is 5.02 Å². The van der Waals surface area contributed by atoms with Gasteiger partial charge in [0, 0.05) is 22.1 Å². The van der Waals surface area contributed by atoms with Crippen LogP contribution in [0.4, 0.5) is 11.4 Å². The van der Waals surface area contributed by atoms with Gasteiger partial charge in [-0.1, -0.05) is 73.8 Å². The Labute approximate surface area is 188 Å². The molecule has 6 rings (SSSR count). The van der Waals surface area contributed by atoms with Gasteiger partial charge in [0.15, 0.2) is 0 Å². The van der Waals surface area contributed by atoms with E-state index >= 15 is 0 Å². The zero-order valence-electron chi connectivity index (χ0n) is 18.0. The van der Waals surface area contributed by atoms with Gasteiger partial charge in [-0.3, -0.25) is 0 Å². The molecule has 2 heterocycles. The predicted octanol–water partition coefficient (Wildman–Crippen LogP) is 8.50. The first kappa shape index (κ1) is 19.0. The van der Waals surface area contributed by atoms with Gasteiger partial charge in [0.1, 0.15) is 11.3 Å². The molecule has 0 radical (unpaired) electrons. The first-order valence-electron chi connectivity index (χ1n) is 11.2. The van der Waals surface area contributed by atoms with Crippen LogP contribution < -0.4 is 4.90 Å². The fourth-order valence-electron chi connectivity index (χ4n) is 6.07. The lowest BCUT2D eigenvalue weighted by Gasteiger charge is -2.50. The molecule has 1 saturated carbocycles. The summed E-state index contributed by atoms with van der Waals surface area (Å²) < 4.78 is 6.17. The first-order valence-corrected chi connectivity index (χ1v) is 11.6. The Morgan fingerprint density at radius 2 is 1.58 bits per heavy atom. The first-order chi connectivity index (χ1) is 15.0. The second-order valence-electron chi connectivity index (χ2n) is 9.45. The highest BCUT2D eigenvalue weighted by atomic mass is 35.5. The summed E-state index contributed by atoms with van der Waals surface area (Å²) in [6.07, 6.45) is 4.89. The number of nitrogens with zero attached hydrogens (tertiary/aromatic N) is 1. The molecule has 2 atom stereocenters. The summed E-state index contributed by atoms with van der Waals surface area (Å²) >= 11 is 7.15. The topological polar surface area (TPSA) is 16.4 Å². The maximum Gasteiger partial charge on any atom is 0.136 e. The Morgan fingerprint density at radius 1 is 0.839 bits per heavy atom. The van der Waals surface area contributed by atoms with E-state index in [1.54, 1.807) is 0 Å². The van der Waals surface area contributed by atoms with Crippen molar-refractivity contribution >= 4 is 33.9 Å². The predicted molar refractivity (Wildman–Crippen MR) is 129 cm³/mol. The van der Waals surface area contributed by atoms with Crippen molar-refractivity contribution < 1.29 is 4.42 Å². The van der Waals surface area contributed by atoms with E-state index in [1.165, 1.54) is 30.5 Å². The summed E-state index contributed by atoms with van der Waals surface area (Å²) in [5, 5.41) is 1.85. The average molecular weight is 428 g/mol. The lowest BCUT2D eigenvalue weighted by molar-refractivity contribution is 0.195. The van der Waals surface area contributed by atoms with Crippen molar-refractivity contribution in [2.45, 2.75) is 50.5 Å². The van der Waals surface area contributed by atoms with E-state index in [-0.39, 0.29) is 11.0 Å². The van der Waals surface area contributed by atoms with Gasteiger partial charge in [0.2, 0.25) is 0 Å². The number of benzene rings is 3. The minimum Gasteiger partial charge on any atom is -0.456 e. The summed E-state index contributed by atoms with van der Waals surface area (Å²) in [6, 6.07) is 25.4. The van der Waals surface area contributed by atoms with Gasteiger partial charge in [0.05, 0.1) is 16.2 Å². The molecule has 0 bridgehead atoms. The smallest absolute Gasteiger partial charge is 0.136 e. The molecule has 1 aliphatic carbocycles. The maximum absolute atomic E-state index is 7.15. The van der Waals surface area contributed by atoms with Crippen molar-refractivity contribution in [3.05, 3.63) is 83.4 Å². The van der Waals surface area contributed by atoms with Gasteiger partial charge in [-0.15, -0.1) is 0 Å². The van der Waals surface area contributed by atoms with Gasteiger partial charge in [-0.05, 0) is 55.7 Å². The maximum atomic E-state index is 7.15. The van der Waals surface area contributed by atoms with Crippen LogP contribution in [0, 0.1) is 0 Å². The van der Waals surface area contributed by atoms with E-state index in [0.717, 1.165) is 39.4 Å². The number of fused-ring (bicyclic) bond motifs is 4. The van der Waals surface area contributed by atoms with Crippen molar-refractivity contribution in [2.24, 2.45) is 0 Å². The average Bonchev–Trinajstić information content (AvgIpc) is 3.29. The third-order valence-corrected chi connectivity index (χ3v) is 8.32. The van der Waals surface area contributed by atoms with Crippen molar-refractivity contribution in [2.75, 3.05) is 4.90 Å². The summed E-state index contributed by atoms with van der Waals surface area (Å²) in [5.41, 5.74) is 5.74. The van der Waals surface area contributed by atoms with Gasteiger partial charge in [-0.2, -0.15) is 0 Å². The number of para-hydroxylation sites is 2. The molecule has 3 heteroatoms. The zero-order chi connectivity index (χ0) is 21.2.